The second-order valence-corrected chi connectivity index (χ2v) is 5.45. The van der Waals surface area contributed by atoms with E-state index in [1.807, 2.05) is 34.7 Å². The molecule has 112 valence electrons. The molecular weight excluding hydrogens is 266 g/mol. The number of ether oxygens (including phenoxy) is 1. The molecular formula is C16H21N3O2. The largest absolute Gasteiger partial charge is 0.489 e. The Morgan fingerprint density at radius 3 is 2.62 bits per heavy atom. The van der Waals surface area contributed by atoms with Crippen molar-refractivity contribution in [3.8, 4) is 5.75 Å². The van der Waals surface area contributed by atoms with Crippen LogP contribution in [0.5, 0.6) is 5.75 Å². The Hall–Kier alpha value is -2.17. The molecule has 5 nitrogen and oxygen atoms in total. The summed E-state index contributed by atoms with van der Waals surface area (Å²) in [5.41, 5.74) is 3.46. The van der Waals surface area contributed by atoms with Gasteiger partial charge in [-0.15, -0.1) is 0 Å². The summed E-state index contributed by atoms with van der Waals surface area (Å²) in [4.78, 5) is 16.5. The lowest BCUT2D eigenvalue weighted by Gasteiger charge is -2.10. The minimum absolute atomic E-state index is 0.0240. The number of rotatable bonds is 5. The van der Waals surface area contributed by atoms with Gasteiger partial charge >= 0.3 is 0 Å². The Labute approximate surface area is 125 Å². The minimum atomic E-state index is 0.0240. The van der Waals surface area contributed by atoms with Crippen LogP contribution in [0.3, 0.4) is 0 Å². The van der Waals surface area contributed by atoms with Gasteiger partial charge in [-0.05, 0) is 33.8 Å². The number of aryl methyl sites for hydroxylation is 2. The molecule has 0 spiro atoms. The van der Waals surface area contributed by atoms with E-state index in [2.05, 4.69) is 10.1 Å². The number of nitrogens with zero attached hydrogens (tertiary/aromatic N) is 3. The van der Waals surface area contributed by atoms with Gasteiger partial charge in [0.05, 0.1) is 18.0 Å². The van der Waals surface area contributed by atoms with Crippen LogP contribution in [0.15, 0.2) is 18.5 Å². The molecule has 0 saturated carbocycles. The lowest BCUT2D eigenvalue weighted by Crippen LogP contribution is -2.09. The Morgan fingerprint density at radius 1 is 1.33 bits per heavy atom. The molecule has 2 aromatic heterocycles. The van der Waals surface area contributed by atoms with Gasteiger partial charge in [0.2, 0.25) is 0 Å². The number of pyridine rings is 1. The second-order valence-electron chi connectivity index (χ2n) is 5.45. The predicted octanol–water partition coefficient (Wildman–Crippen LogP) is 2.64. The molecule has 0 fully saturated rings. The average Bonchev–Trinajstić information content (AvgIpc) is 2.65. The van der Waals surface area contributed by atoms with Gasteiger partial charge in [0, 0.05) is 36.5 Å². The van der Waals surface area contributed by atoms with Gasteiger partial charge < -0.3 is 4.74 Å². The first kappa shape index (κ1) is 15.2. The zero-order valence-corrected chi connectivity index (χ0v) is 13.2. The summed E-state index contributed by atoms with van der Waals surface area (Å²) in [5, 5.41) is 4.34. The fourth-order valence-corrected chi connectivity index (χ4v) is 2.24. The van der Waals surface area contributed by atoms with Crippen LogP contribution in [0.1, 0.15) is 41.2 Å². The minimum Gasteiger partial charge on any atom is -0.489 e. The van der Waals surface area contributed by atoms with Crippen LogP contribution >= 0.6 is 0 Å². The van der Waals surface area contributed by atoms with E-state index < -0.39 is 0 Å². The Bertz CT molecular complexity index is 660. The molecule has 2 heterocycles. The first-order chi connectivity index (χ1) is 9.88. The van der Waals surface area contributed by atoms with E-state index >= 15 is 0 Å². The summed E-state index contributed by atoms with van der Waals surface area (Å²) in [6, 6.07) is 1.75. The number of aromatic nitrogens is 3. The maximum absolute atomic E-state index is 12.4. The quantitative estimate of drug-likeness (QED) is 0.793. The number of Topliss-reactive ketones (excluding diaryl/α,β-unsaturated/α-hetero) is 1. The highest BCUT2D eigenvalue weighted by Gasteiger charge is 2.15. The van der Waals surface area contributed by atoms with Gasteiger partial charge in [-0.3, -0.25) is 14.5 Å². The predicted molar refractivity (Wildman–Crippen MR) is 80.7 cm³/mol. The molecule has 0 aliphatic carbocycles. The Kier molecular flexibility index (Phi) is 4.40. The molecule has 0 aliphatic rings. The van der Waals surface area contributed by atoms with Crippen molar-refractivity contribution >= 4 is 5.78 Å². The number of carbonyl (C=O) groups is 1. The molecule has 2 rings (SSSR count). The lowest BCUT2D eigenvalue weighted by molar-refractivity contribution is 0.0991. The molecule has 0 aliphatic heterocycles. The van der Waals surface area contributed by atoms with Crippen LogP contribution in [0, 0.1) is 13.8 Å². The molecule has 5 heteroatoms. The average molecular weight is 287 g/mol. The van der Waals surface area contributed by atoms with E-state index in [1.54, 1.807) is 23.1 Å². The molecule has 21 heavy (non-hydrogen) atoms. The van der Waals surface area contributed by atoms with Crippen molar-refractivity contribution in [3.05, 3.63) is 41.0 Å². The third-order valence-electron chi connectivity index (χ3n) is 3.40. The van der Waals surface area contributed by atoms with Crippen LogP contribution in [0.4, 0.5) is 0 Å². The van der Waals surface area contributed by atoms with Gasteiger partial charge in [-0.1, -0.05) is 0 Å². The van der Waals surface area contributed by atoms with Crippen LogP contribution in [0.25, 0.3) is 0 Å². The van der Waals surface area contributed by atoms with Crippen LogP contribution in [0.2, 0.25) is 0 Å². The number of hydrogen-bond acceptors (Lipinski definition) is 4. The first-order valence-corrected chi connectivity index (χ1v) is 7.02. The summed E-state index contributed by atoms with van der Waals surface area (Å²) in [6.45, 7) is 7.78. The molecule has 0 N–H and O–H groups in total. The van der Waals surface area contributed by atoms with Gasteiger partial charge in [0.15, 0.2) is 5.78 Å². The highest BCUT2D eigenvalue weighted by Crippen LogP contribution is 2.18. The summed E-state index contributed by atoms with van der Waals surface area (Å²) in [6.07, 6.45) is 3.59. The maximum Gasteiger partial charge on any atom is 0.169 e. The smallest absolute Gasteiger partial charge is 0.169 e. The molecule has 0 atom stereocenters. The number of ketones is 1. The Balaban J connectivity index is 2.20. The SMILES string of the molecule is Cc1nn(C)c(C)c1CC(=O)c1cncc(OC(C)C)c1. The van der Waals surface area contributed by atoms with Crippen molar-refractivity contribution in [1.29, 1.82) is 0 Å². The standard InChI is InChI=1S/C16H21N3O2/c1-10(2)21-14-6-13(8-17-9-14)16(20)7-15-11(3)18-19(5)12(15)4/h6,8-10H,7H2,1-5H3. The molecule has 0 bridgehead atoms. The van der Waals surface area contributed by atoms with Crippen LogP contribution in [-0.2, 0) is 13.5 Å². The van der Waals surface area contributed by atoms with Crippen molar-refractivity contribution in [2.75, 3.05) is 0 Å². The monoisotopic (exact) mass is 287 g/mol. The molecule has 0 aromatic carbocycles. The Morgan fingerprint density at radius 2 is 2.05 bits per heavy atom. The number of hydrogen-bond donors (Lipinski definition) is 0. The normalized spacial score (nSPS) is 11.0. The molecule has 2 aromatic rings. The van der Waals surface area contributed by atoms with E-state index in [0.29, 0.717) is 17.7 Å². The topological polar surface area (TPSA) is 57.0 Å². The zero-order chi connectivity index (χ0) is 15.6. The fourth-order valence-electron chi connectivity index (χ4n) is 2.24. The zero-order valence-electron chi connectivity index (χ0n) is 13.2. The van der Waals surface area contributed by atoms with E-state index in [9.17, 15) is 4.79 Å². The fraction of sp³-hybridized carbons (Fsp3) is 0.438. The molecule has 0 unspecified atom stereocenters. The summed E-state index contributed by atoms with van der Waals surface area (Å²) in [5.74, 6) is 0.645. The van der Waals surface area contributed by atoms with Crippen LogP contribution in [-0.4, -0.2) is 26.7 Å². The maximum atomic E-state index is 12.4. The number of carbonyl (C=O) groups excluding carboxylic acids is 1. The van der Waals surface area contributed by atoms with Crippen molar-refractivity contribution in [3.63, 3.8) is 0 Å². The van der Waals surface area contributed by atoms with E-state index in [0.717, 1.165) is 17.0 Å². The molecule has 0 amide bonds. The van der Waals surface area contributed by atoms with Gasteiger partial charge in [-0.2, -0.15) is 5.10 Å². The third kappa shape index (κ3) is 3.48. The van der Waals surface area contributed by atoms with E-state index in [-0.39, 0.29) is 11.9 Å². The van der Waals surface area contributed by atoms with Gasteiger partial charge in [-0.25, -0.2) is 0 Å². The van der Waals surface area contributed by atoms with Gasteiger partial charge in [0.25, 0.3) is 0 Å². The first-order valence-electron chi connectivity index (χ1n) is 7.02. The summed E-state index contributed by atoms with van der Waals surface area (Å²) < 4.78 is 7.38. The highest BCUT2D eigenvalue weighted by atomic mass is 16.5. The van der Waals surface area contributed by atoms with Crippen molar-refractivity contribution in [2.24, 2.45) is 7.05 Å². The van der Waals surface area contributed by atoms with Crippen molar-refractivity contribution in [2.45, 2.75) is 40.2 Å². The summed E-state index contributed by atoms with van der Waals surface area (Å²) >= 11 is 0. The molecule has 0 saturated heterocycles. The molecule has 0 radical (unpaired) electrons. The van der Waals surface area contributed by atoms with Gasteiger partial charge in [0.1, 0.15) is 5.75 Å². The summed E-state index contributed by atoms with van der Waals surface area (Å²) in [7, 11) is 1.88. The van der Waals surface area contributed by atoms with E-state index in [4.69, 9.17) is 4.74 Å². The lowest BCUT2D eigenvalue weighted by atomic mass is 10.0. The van der Waals surface area contributed by atoms with E-state index in [1.165, 1.54) is 0 Å². The van der Waals surface area contributed by atoms with Crippen LogP contribution < -0.4 is 4.74 Å². The second kappa shape index (κ2) is 6.08. The van der Waals surface area contributed by atoms with Crippen molar-refractivity contribution < 1.29 is 9.53 Å². The third-order valence-corrected chi connectivity index (χ3v) is 3.40. The van der Waals surface area contributed by atoms with Crippen molar-refractivity contribution in [1.82, 2.24) is 14.8 Å². The highest BCUT2D eigenvalue weighted by molar-refractivity contribution is 5.97.